The quantitative estimate of drug-likeness (QED) is 0.784. The monoisotopic (exact) mass is 313 g/mol. The van der Waals surface area contributed by atoms with Gasteiger partial charge in [-0.05, 0) is 30.7 Å². The average molecular weight is 313 g/mol. The van der Waals surface area contributed by atoms with Crippen LogP contribution >= 0.6 is 0 Å². The molecule has 0 amide bonds. The normalized spacial score (nSPS) is 21.4. The molecule has 3 heterocycles. The number of likely N-dealkylation sites (tertiary alicyclic amines) is 1. The van der Waals surface area contributed by atoms with Crippen LogP contribution in [0.25, 0.3) is 0 Å². The van der Waals surface area contributed by atoms with Crippen LogP contribution in [0.2, 0.25) is 0 Å². The van der Waals surface area contributed by atoms with Crippen molar-refractivity contribution in [2.24, 2.45) is 0 Å². The highest BCUT2D eigenvalue weighted by molar-refractivity contribution is 5.15. The van der Waals surface area contributed by atoms with E-state index >= 15 is 0 Å². The molecular weight excluding hydrogens is 290 g/mol. The SMILES string of the molecule is CO[C@@H]1C[C@@H](COc2cccnc2)N(CCc2ccccn2)C1. The Labute approximate surface area is 137 Å². The maximum absolute atomic E-state index is 5.89. The molecule has 0 N–H and O–H groups in total. The van der Waals surface area contributed by atoms with Crippen LogP contribution < -0.4 is 4.74 Å². The van der Waals surface area contributed by atoms with Gasteiger partial charge >= 0.3 is 0 Å². The van der Waals surface area contributed by atoms with Gasteiger partial charge in [-0.15, -0.1) is 0 Å². The zero-order valence-electron chi connectivity index (χ0n) is 13.5. The second-order valence-electron chi connectivity index (χ2n) is 5.81. The summed E-state index contributed by atoms with van der Waals surface area (Å²) in [4.78, 5) is 10.9. The number of pyridine rings is 2. The Morgan fingerprint density at radius 3 is 2.91 bits per heavy atom. The third kappa shape index (κ3) is 4.50. The van der Waals surface area contributed by atoms with Crippen molar-refractivity contribution in [2.75, 3.05) is 26.8 Å². The topological polar surface area (TPSA) is 47.5 Å². The molecular formula is C18H23N3O2. The van der Waals surface area contributed by atoms with Crippen molar-refractivity contribution in [3.8, 4) is 5.75 Å². The number of methoxy groups -OCH3 is 1. The molecule has 2 aromatic rings. The van der Waals surface area contributed by atoms with Crippen molar-refractivity contribution in [1.29, 1.82) is 0 Å². The van der Waals surface area contributed by atoms with Gasteiger partial charge in [-0.1, -0.05) is 6.07 Å². The standard InChI is InChI=1S/C18H23N3O2/c1-22-18-11-16(14-23-17-6-4-8-19-12-17)21(13-18)10-7-15-5-2-3-9-20-15/h2-6,8-9,12,16,18H,7,10-11,13-14H2,1H3/t16-,18+/m0/s1. The number of aromatic nitrogens is 2. The first kappa shape index (κ1) is 15.9. The van der Waals surface area contributed by atoms with Crippen LogP contribution in [0, 0.1) is 0 Å². The van der Waals surface area contributed by atoms with E-state index in [1.165, 1.54) is 0 Å². The highest BCUT2D eigenvalue weighted by Crippen LogP contribution is 2.21. The van der Waals surface area contributed by atoms with E-state index in [1.807, 2.05) is 30.5 Å². The molecule has 2 atom stereocenters. The third-order valence-corrected chi connectivity index (χ3v) is 4.28. The lowest BCUT2D eigenvalue weighted by Crippen LogP contribution is -2.36. The molecule has 1 aliphatic rings. The summed E-state index contributed by atoms with van der Waals surface area (Å²) in [5.74, 6) is 0.818. The van der Waals surface area contributed by atoms with Crippen molar-refractivity contribution >= 4 is 0 Å². The first-order valence-electron chi connectivity index (χ1n) is 8.04. The molecule has 0 saturated carbocycles. The minimum Gasteiger partial charge on any atom is -0.490 e. The van der Waals surface area contributed by atoms with Crippen molar-refractivity contribution in [2.45, 2.75) is 25.0 Å². The second-order valence-corrected chi connectivity index (χ2v) is 5.81. The number of nitrogens with zero attached hydrogens (tertiary/aromatic N) is 3. The minimum absolute atomic E-state index is 0.279. The van der Waals surface area contributed by atoms with Crippen molar-refractivity contribution in [3.63, 3.8) is 0 Å². The number of hydrogen-bond donors (Lipinski definition) is 0. The molecule has 1 saturated heterocycles. The molecule has 2 aromatic heterocycles. The van der Waals surface area contributed by atoms with Gasteiger partial charge in [-0.25, -0.2) is 0 Å². The molecule has 3 rings (SSSR count). The van der Waals surface area contributed by atoms with Gasteiger partial charge in [0.25, 0.3) is 0 Å². The molecule has 5 heteroatoms. The summed E-state index contributed by atoms with van der Waals surface area (Å²) in [6.45, 7) is 2.58. The fourth-order valence-electron chi connectivity index (χ4n) is 2.98. The van der Waals surface area contributed by atoms with Crippen molar-refractivity contribution < 1.29 is 9.47 Å². The van der Waals surface area contributed by atoms with Crippen LogP contribution in [0.3, 0.4) is 0 Å². The van der Waals surface area contributed by atoms with E-state index in [2.05, 4.69) is 20.9 Å². The molecule has 23 heavy (non-hydrogen) atoms. The number of rotatable bonds is 7. The summed E-state index contributed by atoms with van der Waals surface area (Å²) in [7, 11) is 1.78. The van der Waals surface area contributed by atoms with Gasteiger partial charge in [0.15, 0.2) is 0 Å². The molecule has 0 bridgehead atoms. The highest BCUT2D eigenvalue weighted by atomic mass is 16.5. The first-order valence-corrected chi connectivity index (χ1v) is 8.04. The van der Waals surface area contributed by atoms with Crippen LogP contribution in [-0.2, 0) is 11.2 Å². The van der Waals surface area contributed by atoms with Crippen LogP contribution in [0.4, 0.5) is 0 Å². The van der Waals surface area contributed by atoms with Crippen molar-refractivity contribution in [1.82, 2.24) is 14.9 Å². The van der Waals surface area contributed by atoms with E-state index in [-0.39, 0.29) is 6.10 Å². The second kappa shape index (κ2) is 8.04. The van der Waals surface area contributed by atoms with E-state index in [9.17, 15) is 0 Å². The van der Waals surface area contributed by atoms with Gasteiger partial charge in [-0.3, -0.25) is 14.9 Å². The average Bonchev–Trinajstić information content (AvgIpc) is 3.02. The largest absolute Gasteiger partial charge is 0.490 e. The fourth-order valence-corrected chi connectivity index (χ4v) is 2.98. The van der Waals surface area contributed by atoms with Crippen LogP contribution in [0.15, 0.2) is 48.9 Å². The zero-order chi connectivity index (χ0) is 15.9. The molecule has 5 nitrogen and oxygen atoms in total. The van der Waals surface area contributed by atoms with Crippen molar-refractivity contribution in [3.05, 3.63) is 54.6 Å². The van der Waals surface area contributed by atoms with Crippen LogP contribution in [-0.4, -0.2) is 53.8 Å². The molecule has 0 aromatic carbocycles. The first-order chi connectivity index (χ1) is 11.3. The summed E-state index contributed by atoms with van der Waals surface area (Å²) in [5, 5.41) is 0. The predicted molar refractivity (Wildman–Crippen MR) is 88.4 cm³/mol. The van der Waals surface area contributed by atoms with E-state index < -0.39 is 0 Å². The number of hydrogen-bond acceptors (Lipinski definition) is 5. The zero-order valence-corrected chi connectivity index (χ0v) is 13.5. The van der Waals surface area contributed by atoms with E-state index in [4.69, 9.17) is 9.47 Å². The lowest BCUT2D eigenvalue weighted by Gasteiger charge is -2.24. The van der Waals surface area contributed by atoms with E-state index in [0.29, 0.717) is 12.6 Å². The lowest BCUT2D eigenvalue weighted by atomic mass is 10.2. The molecule has 0 spiro atoms. The summed E-state index contributed by atoms with van der Waals surface area (Å²) >= 11 is 0. The molecule has 1 aliphatic heterocycles. The van der Waals surface area contributed by atoms with Gasteiger partial charge in [0, 0.05) is 50.7 Å². The maximum atomic E-state index is 5.89. The molecule has 0 radical (unpaired) electrons. The van der Waals surface area contributed by atoms with Gasteiger partial charge in [-0.2, -0.15) is 0 Å². The Hall–Kier alpha value is -1.98. The Morgan fingerprint density at radius 2 is 2.17 bits per heavy atom. The third-order valence-electron chi connectivity index (χ3n) is 4.28. The summed E-state index contributed by atoms with van der Waals surface area (Å²) in [6.07, 6.45) is 7.57. The van der Waals surface area contributed by atoms with Gasteiger partial charge in [0.05, 0.1) is 12.3 Å². The van der Waals surface area contributed by atoms with Crippen LogP contribution in [0.1, 0.15) is 12.1 Å². The Morgan fingerprint density at radius 1 is 1.22 bits per heavy atom. The molecule has 0 aliphatic carbocycles. The fraction of sp³-hybridized carbons (Fsp3) is 0.444. The number of ether oxygens (including phenoxy) is 2. The molecule has 122 valence electrons. The molecule has 1 fully saturated rings. The maximum Gasteiger partial charge on any atom is 0.137 e. The smallest absolute Gasteiger partial charge is 0.137 e. The van der Waals surface area contributed by atoms with Gasteiger partial charge < -0.3 is 9.47 Å². The Balaban J connectivity index is 1.55. The molecule has 0 unspecified atom stereocenters. The summed E-state index contributed by atoms with van der Waals surface area (Å²) in [5.41, 5.74) is 1.13. The van der Waals surface area contributed by atoms with Gasteiger partial charge in [0.1, 0.15) is 12.4 Å². The van der Waals surface area contributed by atoms with E-state index in [0.717, 1.165) is 37.4 Å². The van der Waals surface area contributed by atoms with E-state index in [1.54, 1.807) is 19.5 Å². The lowest BCUT2D eigenvalue weighted by molar-refractivity contribution is 0.108. The summed E-state index contributed by atoms with van der Waals surface area (Å²) < 4.78 is 11.4. The van der Waals surface area contributed by atoms with Gasteiger partial charge in [0.2, 0.25) is 0 Å². The summed E-state index contributed by atoms with van der Waals surface area (Å²) in [6, 6.07) is 10.3. The minimum atomic E-state index is 0.279. The Kier molecular flexibility index (Phi) is 5.56. The Bertz CT molecular complexity index is 528. The van der Waals surface area contributed by atoms with Crippen LogP contribution in [0.5, 0.6) is 5.75 Å². The predicted octanol–water partition coefficient (Wildman–Crippen LogP) is 2.19. The highest BCUT2D eigenvalue weighted by Gasteiger charge is 2.32.